The van der Waals surface area contributed by atoms with Crippen LogP contribution in [0.4, 0.5) is 34.1 Å². The number of benzene rings is 8. The molecule has 2 aliphatic heterocycles. The minimum Gasteiger partial charge on any atom is -0.453 e. The highest BCUT2D eigenvalue weighted by Crippen LogP contribution is 2.63. The molecule has 0 fully saturated rings. The van der Waals surface area contributed by atoms with Gasteiger partial charge in [0.15, 0.2) is 11.5 Å². The summed E-state index contributed by atoms with van der Waals surface area (Å²) in [7, 11) is 0. The third-order valence-corrected chi connectivity index (χ3v) is 10.3. The van der Waals surface area contributed by atoms with Gasteiger partial charge < -0.3 is 14.5 Å². The molecule has 0 radical (unpaired) electrons. The first-order chi connectivity index (χ1) is 23.6. The fraction of sp³-hybridized carbons (Fsp3) is 0.0667. The van der Waals surface area contributed by atoms with Crippen LogP contribution in [-0.4, -0.2) is 0 Å². The van der Waals surface area contributed by atoms with Crippen LogP contribution in [0.15, 0.2) is 158 Å². The summed E-state index contributed by atoms with van der Waals surface area (Å²) in [5.41, 5.74) is 8.95. The molecule has 10 rings (SSSR count). The smallest absolute Gasteiger partial charge is 0.152 e. The van der Waals surface area contributed by atoms with Crippen LogP contribution in [0, 0.1) is 0 Å². The SMILES string of the molecule is CC1(C)c2ccccc2N2c3c(ccc(N(c4ccc5ccccc5c4)c4cccc5ccccc45)c31)Oc1ccc3ccccc3c12. The second-order valence-electron chi connectivity index (χ2n) is 13.4. The molecule has 0 aliphatic carbocycles. The molecule has 0 spiro atoms. The van der Waals surface area contributed by atoms with Gasteiger partial charge in [-0.25, -0.2) is 0 Å². The van der Waals surface area contributed by atoms with Gasteiger partial charge >= 0.3 is 0 Å². The van der Waals surface area contributed by atoms with Crippen LogP contribution in [0.3, 0.4) is 0 Å². The van der Waals surface area contributed by atoms with E-state index in [2.05, 4.69) is 181 Å². The minimum atomic E-state index is -0.348. The number of rotatable bonds is 3. The Kier molecular flexibility index (Phi) is 5.63. The lowest BCUT2D eigenvalue weighted by atomic mass is 9.72. The van der Waals surface area contributed by atoms with Crippen molar-refractivity contribution in [1.29, 1.82) is 0 Å². The van der Waals surface area contributed by atoms with Gasteiger partial charge in [0.05, 0.1) is 28.4 Å². The molecule has 2 heterocycles. The molecule has 0 saturated heterocycles. The van der Waals surface area contributed by atoms with Crippen LogP contribution in [-0.2, 0) is 5.41 Å². The highest BCUT2D eigenvalue weighted by Gasteiger charge is 2.44. The topological polar surface area (TPSA) is 15.7 Å². The van der Waals surface area contributed by atoms with Crippen LogP contribution >= 0.6 is 0 Å². The van der Waals surface area contributed by atoms with Gasteiger partial charge in [-0.05, 0) is 69.6 Å². The van der Waals surface area contributed by atoms with Crippen molar-refractivity contribution in [3.8, 4) is 11.5 Å². The molecular weight excluding hydrogens is 585 g/mol. The minimum absolute atomic E-state index is 0.348. The quantitative estimate of drug-likeness (QED) is 0.196. The second kappa shape index (κ2) is 9.97. The lowest BCUT2D eigenvalue weighted by Gasteiger charge is -2.47. The van der Waals surface area contributed by atoms with Gasteiger partial charge in [0.2, 0.25) is 0 Å². The average molecular weight is 617 g/mol. The Labute approximate surface area is 279 Å². The Hall–Kier alpha value is -6.06. The van der Waals surface area contributed by atoms with E-state index >= 15 is 0 Å². The Balaban J connectivity index is 1.33. The normalized spacial score (nSPS) is 13.9. The molecule has 3 heteroatoms. The third kappa shape index (κ3) is 3.76. The predicted octanol–water partition coefficient (Wildman–Crippen LogP) is 12.8. The zero-order chi connectivity index (χ0) is 32.0. The van der Waals surface area contributed by atoms with E-state index in [1.165, 1.54) is 49.1 Å². The number of hydrogen-bond donors (Lipinski definition) is 0. The van der Waals surface area contributed by atoms with E-state index in [9.17, 15) is 0 Å². The number of ether oxygens (including phenoxy) is 1. The van der Waals surface area contributed by atoms with Crippen molar-refractivity contribution in [2.45, 2.75) is 19.3 Å². The molecule has 228 valence electrons. The summed E-state index contributed by atoms with van der Waals surface area (Å²) < 4.78 is 6.85. The zero-order valence-corrected chi connectivity index (χ0v) is 26.8. The van der Waals surface area contributed by atoms with Crippen molar-refractivity contribution < 1.29 is 4.74 Å². The maximum absolute atomic E-state index is 6.85. The summed E-state index contributed by atoms with van der Waals surface area (Å²) in [6.07, 6.45) is 0. The van der Waals surface area contributed by atoms with Crippen LogP contribution < -0.4 is 14.5 Å². The van der Waals surface area contributed by atoms with Gasteiger partial charge in [-0.1, -0.05) is 129 Å². The lowest BCUT2D eigenvalue weighted by Crippen LogP contribution is -2.34. The van der Waals surface area contributed by atoms with E-state index < -0.39 is 0 Å². The summed E-state index contributed by atoms with van der Waals surface area (Å²) in [4.78, 5) is 4.94. The maximum Gasteiger partial charge on any atom is 0.152 e. The molecule has 0 amide bonds. The zero-order valence-electron chi connectivity index (χ0n) is 26.8. The maximum atomic E-state index is 6.85. The molecule has 0 aromatic heterocycles. The highest BCUT2D eigenvalue weighted by atomic mass is 16.5. The Morgan fingerprint density at radius 2 is 1.12 bits per heavy atom. The van der Waals surface area contributed by atoms with Crippen LogP contribution in [0.5, 0.6) is 11.5 Å². The summed E-state index contributed by atoms with van der Waals surface area (Å²) in [5.74, 6) is 1.74. The monoisotopic (exact) mass is 616 g/mol. The van der Waals surface area contributed by atoms with Gasteiger partial charge in [0.25, 0.3) is 0 Å². The lowest BCUT2D eigenvalue weighted by molar-refractivity contribution is 0.472. The number of anilines is 6. The number of fused-ring (bicyclic) bond motifs is 8. The molecule has 0 N–H and O–H groups in total. The van der Waals surface area contributed by atoms with Gasteiger partial charge in [-0.15, -0.1) is 0 Å². The van der Waals surface area contributed by atoms with Crippen molar-refractivity contribution in [2.24, 2.45) is 0 Å². The summed E-state index contributed by atoms with van der Waals surface area (Å²) in [5, 5.41) is 7.22. The van der Waals surface area contributed by atoms with E-state index in [-0.39, 0.29) is 5.41 Å². The van der Waals surface area contributed by atoms with E-state index in [1.54, 1.807) is 0 Å². The molecule has 0 bridgehead atoms. The average Bonchev–Trinajstić information content (AvgIpc) is 3.13. The van der Waals surface area contributed by atoms with Gasteiger partial charge in [0.1, 0.15) is 0 Å². The third-order valence-electron chi connectivity index (χ3n) is 10.3. The van der Waals surface area contributed by atoms with Crippen molar-refractivity contribution in [2.75, 3.05) is 9.80 Å². The largest absolute Gasteiger partial charge is 0.453 e. The van der Waals surface area contributed by atoms with Crippen molar-refractivity contribution in [1.82, 2.24) is 0 Å². The number of para-hydroxylation sites is 1. The van der Waals surface area contributed by atoms with Crippen LogP contribution in [0.25, 0.3) is 32.3 Å². The molecular formula is C45H32N2O. The molecule has 8 aromatic carbocycles. The first kappa shape index (κ1) is 27.1. The predicted molar refractivity (Wildman–Crippen MR) is 201 cm³/mol. The van der Waals surface area contributed by atoms with Gasteiger partial charge in [0, 0.05) is 27.4 Å². The summed E-state index contributed by atoms with van der Waals surface area (Å²) in [6.45, 7) is 4.73. The van der Waals surface area contributed by atoms with E-state index in [1.807, 2.05) is 0 Å². The fourth-order valence-electron chi connectivity index (χ4n) is 8.15. The van der Waals surface area contributed by atoms with Crippen LogP contribution in [0.2, 0.25) is 0 Å². The Bertz CT molecular complexity index is 2600. The summed E-state index contributed by atoms with van der Waals surface area (Å²) in [6, 6.07) is 57.0. The van der Waals surface area contributed by atoms with E-state index in [0.29, 0.717) is 0 Å². The first-order valence-corrected chi connectivity index (χ1v) is 16.6. The molecule has 8 aromatic rings. The second-order valence-corrected chi connectivity index (χ2v) is 13.4. The fourth-order valence-corrected chi connectivity index (χ4v) is 8.15. The molecule has 3 nitrogen and oxygen atoms in total. The number of hydrogen-bond acceptors (Lipinski definition) is 3. The van der Waals surface area contributed by atoms with Crippen molar-refractivity contribution in [3.63, 3.8) is 0 Å². The standard InChI is InChI=1S/C45H32N2O/c1-45(2)36-19-9-10-20-38(36)47-43-35-18-8-6-14-31(35)23-26-40(43)48-41-27-25-39(42(45)44(41)47)46(33-24-22-29-12-3-4-15-32(29)28-33)37-21-11-16-30-13-5-7-17-34(30)37/h3-28H,1-2H3. The van der Waals surface area contributed by atoms with Crippen LogP contribution in [0.1, 0.15) is 25.0 Å². The van der Waals surface area contributed by atoms with Crippen molar-refractivity contribution in [3.05, 3.63) is 169 Å². The molecule has 0 unspecified atom stereocenters. The summed E-state index contributed by atoms with van der Waals surface area (Å²) >= 11 is 0. The Morgan fingerprint density at radius 3 is 1.98 bits per heavy atom. The van der Waals surface area contributed by atoms with Gasteiger partial charge in [-0.3, -0.25) is 0 Å². The molecule has 0 saturated carbocycles. The van der Waals surface area contributed by atoms with Gasteiger partial charge in [-0.2, -0.15) is 0 Å². The van der Waals surface area contributed by atoms with Crippen molar-refractivity contribution >= 4 is 66.4 Å². The number of nitrogens with zero attached hydrogens (tertiary/aromatic N) is 2. The highest BCUT2D eigenvalue weighted by molar-refractivity contribution is 6.08. The first-order valence-electron chi connectivity index (χ1n) is 16.6. The molecule has 48 heavy (non-hydrogen) atoms. The molecule has 2 aliphatic rings. The van der Waals surface area contributed by atoms with E-state index in [4.69, 9.17) is 4.74 Å². The Morgan fingerprint density at radius 1 is 0.500 bits per heavy atom. The molecule has 0 atom stereocenters. The van der Waals surface area contributed by atoms with E-state index in [0.717, 1.165) is 39.9 Å².